The molecule has 0 aliphatic heterocycles. The molecule has 1 nitrogen and oxygen atoms in total. The highest BCUT2D eigenvalue weighted by Gasteiger charge is 1.96. The molecule has 0 fully saturated rings. The molecule has 2 rings (SSSR count). The summed E-state index contributed by atoms with van der Waals surface area (Å²) in [7, 11) is 0. The molecule has 0 N–H and O–H groups in total. The molecule has 1 aromatic heterocycles. The van der Waals surface area contributed by atoms with Crippen molar-refractivity contribution < 1.29 is 0 Å². The second kappa shape index (κ2) is 3.40. The van der Waals surface area contributed by atoms with E-state index < -0.39 is 0 Å². The van der Waals surface area contributed by atoms with Crippen molar-refractivity contribution in [1.29, 1.82) is 0 Å². The van der Waals surface area contributed by atoms with Gasteiger partial charge in [0.1, 0.15) is 0 Å². The van der Waals surface area contributed by atoms with E-state index in [0.29, 0.717) is 0 Å². The first-order valence-corrected chi connectivity index (χ1v) is 4.26. The van der Waals surface area contributed by atoms with Gasteiger partial charge in [0.25, 0.3) is 0 Å². The molecule has 2 aromatic rings. The molecular formula is C12H10N. The minimum Gasteiger partial charge on any atom is -0.246 e. The van der Waals surface area contributed by atoms with Gasteiger partial charge in [0.05, 0.1) is 11.9 Å². The van der Waals surface area contributed by atoms with Gasteiger partial charge in [-0.15, -0.1) is 0 Å². The number of benzene rings is 1. The number of nitrogens with zero attached hydrogens (tertiary/aromatic N) is 1. The SMILES string of the molecule is Cc1cccc(-c2ccc[c]n2)c1. The van der Waals surface area contributed by atoms with Gasteiger partial charge >= 0.3 is 0 Å². The van der Waals surface area contributed by atoms with Crippen LogP contribution in [0.2, 0.25) is 0 Å². The molecule has 1 radical (unpaired) electrons. The largest absolute Gasteiger partial charge is 0.246 e. The number of pyridine rings is 1. The Bertz CT molecular complexity index is 393. The highest BCUT2D eigenvalue weighted by molar-refractivity contribution is 5.59. The molecule has 0 atom stereocenters. The van der Waals surface area contributed by atoms with Crippen molar-refractivity contribution in [3.8, 4) is 11.3 Å². The van der Waals surface area contributed by atoms with E-state index in [0.717, 1.165) is 11.3 Å². The molecule has 0 saturated heterocycles. The Morgan fingerprint density at radius 2 is 2.08 bits per heavy atom. The number of aryl methyl sites for hydroxylation is 1. The summed E-state index contributed by atoms with van der Waals surface area (Å²) in [5.41, 5.74) is 3.38. The number of hydrogen-bond donors (Lipinski definition) is 0. The van der Waals surface area contributed by atoms with Crippen LogP contribution in [0, 0.1) is 13.1 Å². The van der Waals surface area contributed by atoms with Gasteiger partial charge in [0, 0.05) is 5.56 Å². The van der Waals surface area contributed by atoms with Crippen molar-refractivity contribution in [2.24, 2.45) is 0 Å². The minimum atomic E-state index is 0.978. The first-order chi connectivity index (χ1) is 6.36. The monoisotopic (exact) mass is 168 g/mol. The molecule has 1 heteroatoms. The maximum Gasteiger partial charge on any atom is 0.0893 e. The molecule has 1 aromatic carbocycles. The average Bonchev–Trinajstić information content (AvgIpc) is 2.19. The van der Waals surface area contributed by atoms with Crippen LogP contribution in [0.25, 0.3) is 11.3 Å². The molecule has 0 amide bonds. The maximum atomic E-state index is 4.17. The van der Waals surface area contributed by atoms with E-state index in [2.05, 4.69) is 36.3 Å². The quantitative estimate of drug-likeness (QED) is 0.638. The predicted octanol–water partition coefficient (Wildman–Crippen LogP) is 2.86. The molecule has 0 unspecified atom stereocenters. The molecule has 0 aliphatic rings. The van der Waals surface area contributed by atoms with Crippen LogP contribution < -0.4 is 0 Å². The van der Waals surface area contributed by atoms with E-state index >= 15 is 0 Å². The van der Waals surface area contributed by atoms with Gasteiger partial charge in [0.15, 0.2) is 0 Å². The van der Waals surface area contributed by atoms with Gasteiger partial charge in [-0.05, 0) is 25.1 Å². The second-order valence-electron chi connectivity index (χ2n) is 3.02. The number of rotatable bonds is 1. The molecule has 0 spiro atoms. The Balaban J connectivity index is 2.48. The van der Waals surface area contributed by atoms with Crippen molar-refractivity contribution in [2.45, 2.75) is 6.92 Å². The summed E-state index contributed by atoms with van der Waals surface area (Å²) < 4.78 is 0. The normalized spacial score (nSPS) is 9.92. The summed E-state index contributed by atoms with van der Waals surface area (Å²) in [6.07, 6.45) is 2.83. The Morgan fingerprint density at radius 1 is 1.15 bits per heavy atom. The van der Waals surface area contributed by atoms with Crippen LogP contribution in [0.1, 0.15) is 5.56 Å². The lowest BCUT2D eigenvalue weighted by molar-refractivity contribution is 1.30. The Hall–Kier alpha value is -1.63. The van der Waals surface area contributed by atoms with Crippen molar-refractivity contribution in [3.63, 3.8) is 0 Å². The van der Waals surface area contributed by atoms with E-state index in [9.17, 15) is 0 Å². The smallest absolute Gasteiger partial charge is 0.0893 e. The van der Waals surface area contributed by atoms with Gasteiger partial charge < -0.3 is 0 Å². The van der Waals surface area contributed by atoms with Crippen LogP contribution in [-0.4, -0.2) is 4.98 Å². The molecular weight excluding hydrogens is 158 g/mol. The lowest BCUT2D eigenvalue weighted by Gasteiger charge is -2.00. The maximum absolute atomic E-state index is 4.17. The third kappa shape index (κ3) is 1.75. The third-order valence-corrected chi connectivity index (χ3v) is 1.92. The van der Waals surface area contributed by atoms with Gasteiger partial charge in [-0.25, -0.2) is 4.98 Å². The molecule has 0 aliphatic carbocycles. The average molecular weight is 168 g/mol. The zero-order valence-corrected chi connectivity index (χ0v) is 7.49. The molecule has 1 heterocycles. The molecule has 63 valence electrons. The lowest BCUT2D eigenvalue weighted by atomic mass is 10.1. The standard InChI is InChI=1S/C12H10N/c1-10-5-4-6-11(9-10)12-7-2-3-8-13-12/h2-7,9H,1H3. The van der Waals surface area contributed by atoms with Crippen LogP contribution in [0.5, 0.6) is 0 Å². The van der Waals surface area contributed by atoms with Crippen molar-refractivity contribution in [2.75, 3.05) is 0 Å². The Kier molecular flexibility index (Phi) is 2.09. The number of hydrogen-bond acceptors (Lipinski definition) is 1. The fourth-order valence-electron chi connectivity index (χ4n) is 1.29. The third-order valence-electron chi connectivity index (χ3n) is 1.92. The topological polar surface area (TPSA) is 12.9 Å². The first-order valence-electron chi connectivity index (χ1n) is 4.26. The van der Waals surface area contributed by atoms with Crippen LogP contribution in [-0.2, 0) is 0 Å². The highest BCUT2D eigenvalue weighted by atomic mass is 14.7. The zero-order chi connectivity index (χ0) is 9.10. The van der Waals surface area contributed by atoms with E-state index in [1.165, 1.54) is 5.56 Å². The highest BCUT2D eigenvalue weighted by Crippen LogP contribution is 2.16. The predicted molar refractivity (Wildman–Crippen MR) is 53.2 cm³/mol. The van der Waals surface area contributed by atoms with E-state index in [4.69, 9.17) is 0 Å². The Morgan fingerprint density at radius 3 is 2.77 bits per heavy atom. The summed E-state index contributed by atoms with van der Waals surface area (Å²) >= 11 is 0. The summed E-state index contributed by atoms with van der Waals surface area (Å²) in [5.74, 6) is 0. The van der Waals surface area contributed by atoms with E-state index in [1.54, 1.807) is 6.07 Å². The summed E-state index contributed by atoms with van der Waals surface area (Å²) in [6, 6.07) is 14.0. The van der Waals surface area contributed by atoms with Gasteiger partial charge in [0.2, 0.25) is 0 Å². The fourth-order valence-corrected chi connectivity index (χ4v) is 1.29. The van der Waals surface area contributed by atoms with E-state index in [1.807, 2.05) is 18.2 Å². The van der Waals surface area contributed by atoms with Crippen LogP contribution in [0.15, 0.2) is 42.5 Å². The van der Waals surface area contributed by atoms with Crippen LogP contribution >= 0.6 is 0 Å². The van der Waals surface area contributed by atoms with Crippen LogP contribution in [0.3, 0.4) is 0 Å². The van der Waals surface area contributed by atoms with Crippen molar-refractivity contribution in [1.82, 2.24) is 4.98 Å². The fraction of sp³-hybridized carbons (Fsp3) is 0.0833. The minimum absolute atomic E-state index is 0.978. The van der Waals surface area contributed by atoms with Gasteiger partial charge in [-0.1, -0.05) is 29.8 Å². The van der Waals surface area contributed by atoms with Crippen molar-refractivity contribution in [3.05, 3.63) is 54.2 Å². The molecule has 0 saturated carbocycles. The second-order valence-corrected chi connectivity index (χ2v) is 3.02. The summed E-state index contributed by atoms with van der Waals surface area (Å²) in [4.78, 5) is 4.17. The summed E-state index contributed by atoms with van der Waals surface area (Å²) in [5, 5.41) is 0. The van der Waals surface area contributed by atoms with Gasteiger partial charge in [-0.2, -0.15) is 0 Å². The summed E-state index contributed by atoms with van der Waals surface area (Å²) in [6.45, 7) is 2.08. The molecule has 0 bridgehead atoms. The van der Waals surface area contributed by atoms with Crippen LogP contribution in [0.4, 0.5) is 0 Å². The van der Waals surface area contributed by atoms with E-state index in [-0.39, 0.29) is 0 Å². The first kappa shape index (κ1) is 7.99. The lowest BCUT2D eigenvalue weighted by Crippen LogP contribution is -1.82. The zero-order valence-electron chi connectivity index (χ0n) is 7.49. The molecule has 13 heavy (non-hydrogen) atoms. The van der Waals surface area contributed by atoms with Crippen molar-refractivity contribution >= 4 is 0 Å². The Labute approximate surface area is 78.1 Å². The van der Waals surface area contributed by atoms with Gasteiger partial charge in [-0.3, -0.25) is 0 Å². The number of aromatic nitrogens is 1.